The molecule has 7 heteroatoms. The summed E-state index contributed by atoms with van der Waals surface area (Å²) >= 11 is 0. The molecular formula is C8H9N5O2. The van der Waals surface area contributed by atoms with Crippen LogP contribution in [0.15, 0.2) is 12.7 Å². The van der Waals surface area contributed by atoms with Gasteiger partial charge in [-0.1, -0.05) is 0 Å². The fraction of sp³-hybridized carbons (Fsp3) is 0.250. The monoisotopic (exact) mass is 207 g/mol. The SMILES string of the molecule is CCOC(=O)n1cnc2ncnc(N)c21. The molecule has 0 saturated heterocycles. The normalized spacial score (nSPS) is 10.5. The summed E-state index contributed by atoms with van der Waals surface area (Å²) in [4.78, 5) is 23.0. The quantitative estimate of drug-likeness (QED) is 0.727. The van der Waals surface area contributed by atoms with Crippen molar-refractivity contribution in [2.45, 2.75) is 6.92 Å². The van der Waals surface area contributed by atoms with Gasteiger partial charge in [0.25, 0.3) is 0 Å². The third-order valence-electron chi connectivity index (χ3n) is 1.83. The minimum absolute atomic E-state index is 0.200. The van der Waals surface area contributed by atoms with Crippen LogP contribution in [0.2, 0.25) is 0 Å². The largest absolute Gasteiger partial charge is 0.449 e. The predicted octanol–water partition coefficient (Wildman–Crippen LogP) is 0.413. The Bertz CT molecular complexity index is 507. The van der Waals surface area contributed by atoms with Crippen LogP contribution in [0.5, 0.6) is 0 Å². The van der Waals surface area contributed by atoms with Crippen molar-refractivity contribution in [3.63, 3.8) is 0 Å². The van der Waals surface area contributed by atoms with E-state index in [2.05, 4.69) is 15.0 Å². The van der Waals surface area contributed by atoms with Crippen LogP contribution in [0.4, 0.5) is 10.6 Å². The first-order chi connectivity index (χ1) is 7.24. The molecule has 0 aliphatic rings. The third kappa shape index (κ3) is 1.47. The van der Waals surface area contributed by atoms with Gasteiger partial charge >= 0.3 is 6.09 Å². The van der Waals surface area contributed by atoms with Crippen LogP contribution in [0.3, 0.4) is 0 Å². The standard InChI is InChI=1S/C8H9N5O2/c1-2-15-8(14)13-4-12-7-5(13)6(9)10-3-11-7/h3-4H,2H2,1H3,(H2,9,10,11). The fourth-order valence-electron chi connectivity index (χ4n) is 1.21. The molecule has 0 amide bonds. The number of aromatic nitrogens is 4. The van der Waals surface area contributed by atoms with Crippen molar-refractivity contribution in [2.24, 2.45) is 0 Å². The summed E-state index contributed by atoms with van der Waals surface area (Å²) < 4.78 is 6.01. The van der Waals surface area contributed by atoms with Gasteiger partial charge in [-0.3, -0.25) is 0 Å². The lowest BCUT2D eigenvalue weighted by Gasteiger charge is -2.03. The number of anilines is 1. The highest BCUT2D eigenvalue weighted by Crippen LogP contribution is 2.15. The van der Waals surface area contributed by atoms with Crippen molar-refractivity contribution >= 4 is 23.1 Å². The zero-order valence-electron chi connectivity index (χ0n) is 8.04. The second-order valence-corrected chi connectivity index (χ2v) is 2.74. The van der Waals surface area contributed by atoms with Gasteiger partial charge in [0.1, 0.15) is 18.2 Å². The van der Waals surface area contributed by atoms with Crippen LogP contribution in [0.25, 0.3) is 11.2 Å². The predicted molar refractivity (Wildman–Crippen MR) is 52.2 cm³/mol. The second-order valence-electron chi connectivity index (χ2n) is 2.74. The molecule has 0 aromatic carbocycles. The number of hydrogen-bond donors (Lipinski definition) is 1. The minimum atomic E-state index is -0.540. The summed E-state index contributed by atoms with van der Waals surface area (Å²) in [6.07, 6.45) is 2.06. The number of ether oxygens (including phenoxy) is 1. The Balaban J connectivity index is 2.57. The lowest BCUT2D eigenvalue weighted by molar-refractivity contribution is 0.155. The van der Waals surface area contributed by atoms with Gasteiger partial charge in [-0.2, -0.15) is 0 Å². The highest BCUT2D eigenvalue weighted by molar-refractivity contribution is 5.90. The maximum atomic E-state index is 11.5. The molecule has 0 radical (unpaired) electrons. The van der Waals surface area contributed by atoms with Crippen LogP contribution in [0, 0.1) is 0 Å². The average molecular weight is 207 g/mol. The van der Waals surface area contributed by atoms with Gasteiger partial charge in [-0.15, -0.1) is 0 Å². The maximum Gasteiger partial charge on any atom is 0.419 e. The highest BCUT2D eigenvalue weighted by atomic mass is 16.5. The van der Waals surface area contributed by atoms with Crippen LogP contribution in [-0.4, -0.2) is 32.2 Å². The zero-order chi connectivity index (χ0) is 10.8. The number of fused-ring (bicyclic) bond motifs is 1. The Morgan fingerprint density at radius 3 is 3.07 bits per heavy atom. The summed E-state index contributed by atoms with van der Waals surface area (Å²) in [5.74, 6) is 0.200. The highest BCUT2D eigenvalue weighted by Gasteiger charge is 2.14. The van der Waals surface area contributed by atoms with Crippen LogP contribution >= 0.6 is 0 Å². The number of imidazole rings is 1. The minimum Gasteiger partial charge on any atom is -0.449 e. The molecule has 0 aliphatic carbocycles. The molecule has 78 valence electrons. The smallest absolute Gasteiger partial charge is 0.419 e. The Kier molecular flexibility index (Phi) is 2.20. The van der Waals surface area contributed by atoms with Crippen molar-refractivity contribution in [2.75, 3.05) is 12.3 Å². The van der Waals surface area contributed by atoms with E-state index in [4.69, 9.17) is 10.5 Å². The average Bonchev–Trinajstić information content (AvgIpc) is 2.63. The first-order valence-corrected chi connectivity index (χ1v) is 4.34. The van der Waals surface area contributed by atoms with Gasteiger partial charge in [0.2, 0.25) is 0 Å². The lowest BCUT2D eigenvalue weighted by Crippen LogP contribution is -2.13. The molecule has 15 heavy (non-hydrogen) atoms. The summed E-state index contributed by atoms with van der Waals surface area (Å²) in [5.41, 5.74) is 6.36. The summed E-state index contributed by atoms with van der Waals surface area (Å²) in [5, 5.41) is 0. The third-order valence-corrected chi connectivity index (χ3v) is 1.83. The van der Waals surface area contributed by atoms with E-state index in [0.29, 0.717) is 11.2 Å². The molecule has 2 N–H and O–H groups in total. The van der Waals surface area contributed by atoms with Gasteiger partial charge in [-0.05, 0) is 6.92 Å². The zero-order valence-corrected chi connectivity index (χ0v) is 8.04. The van der Waals surface area contributed by atoms with Gasteiger partial charge in [-0.25, -0.2) is 24.3 Å². The van der Waals surface area contributed by atoms with Crippen LogP contribution < -0.4 is 5.73 Å². The number of nitrogen functional groups attached to an aromatic ring is 1. The number of nitrogens with zero attached hydrogens (tertiary/aromatic N) is 4. The molecule has 0 atom stereocenters. The molecule has 2 heterocycles. The first-order valence-electron chi connectivity index (χ1n) is 4.34. The Hall–Kier alpha value is -2.18. The number of nitrogens with two attached hydrogens (primary N) is 1. The van der Waals surface area contributed by atoms with E-state index >= 15 is 0 Å². The van der Waals surface area contributed by atoms with E-state index in [1.165, 1.54) is 17.2 Å². The first kappa shape index (κ1) is 9.38. The van der Waals surface area contributed by atoms with Crippen molar-refractivity contribution in [3.8, 4) is 0 Å². The molecule has 0 bridgehead atoms. The Morgan fingerprint density at radius 1 is 1.53 bits per heavy atom. The van der Waals surface area contributed by atoms with Crippen LogP contribution in [-0.2, 0) is 4.74 Å². The van der Waals surface area contributed by atoms with Gasteiger partial charge < -0.3 is 10.5 Å². The van der Waals surface area contributed by atoms with E-state index in [9.17, 15) is 4.79 Å². The summed E-state index contributed by atoms with van der Waals surface area (Å²) in [6, 6.07) is 0. The summed E-state index contributed by atoms with van der Waals surface area (Å²) in [6.45, 7) is 2.00. The number of hydrogen-bond acceptors (Lipinski definition) is 6. The van der Waals surface area contributed by atoms with E-state index in [1.807, 2.05) is 0 Å². The number of carbonyl (C=O) groups excluding carboxylic acids is 1. The van der Waals surface area contributed by atoms with E-state index < -0.39 is 6.09 Å². The molecule has 7 nitrogen and oxygen atoms in total. The molecule has 0 aliphatic heterocycles. The topological polar surface area (TPSA) is 95.9 Å². The number of rotatable bonds is 1. The number of carbonyl (C=O) groups is 1. The maximum absolute atomic E-state index is 11.5. The van der Waals surface area contributed by atoms with Crippen molar-refractivity contribution in [1.29, 1.82) is 0 Å². The lowest BCUT2D eigenvalue weighted by atomic mass is 10.5. The van der Waals surface area contributed by atoms with Crippen molar-refractivity contribution in [1.82, 2.24) is 19.5 Å². The van der Waals surface area contributed by atoms with Crippen LogP contribution in [0.1, 0.15) is 6.92 Å². The van der Waals surface area contributed by atoms with Crippen molar-refractivity contribution in [3.05, 3.63) is 12.7 Å². The molecule has 0 spiro atoms. The molecular weight excluding hydrogens is 198 g/mol. The molecule has 2 aromatic heterocycles. The molecule has 0 unspecified atom stereocenters. The van der Waals surface area contributed by atoms with Gasteiger partial charge in [0, 0.05) is 0 Å². The van der Waals surface area contributed by atoms with E-state index in [1.54, 1.807) is 6.92 Å². The van der Waals surface area contributed by atoms with E-state index in [0.717, 1.165) is 0 Å². The summed E-state index contributed by atoms with van der Waals surface area (Å²) in [7, 11) is 0. The molecule has 0 saturated carbocycles. The Morgan fingerprint density at radius 2 is 2.33 bits per heavy atom. The van der Waals surface area contributed by atoms with Gasteiger partial charge in [0.05, 0.1) is 6.61 Å². The molecule has 2 aromatic rings. The Labute approximate surface area is 84.9 Å². The molecule has 2 rings (SSSR count). The van der Waals surface area contributed by atoms with E-state index in [-0.39, 0.29) is 12.4 Å². The fourth-order valence-corrected chi connectivity index (χ4v) is 1.21. The van der Waals surface area contributed by atoms with Crippen molar-refractivity contribution < 1.29 is 9.53 Å². The second kappa shape index (κ2) is 3.52. The molecule has 0 fully saturated rings. The van der Waals surface area contributed by atoms with Gasteiger partial charge in [0.15, 0.2) is 11.5 Å².